The van der Waals surface area contributed by atoms with E-state index in [-0.39, 0.29) is 16.3 Å². The molecule has 2 rings (SSSR count). The van der Waals surface area contributed by atoms with E-state index in [0.717, 1.165) is 31.4 Å². The van der Waals surface area contributed by atoms with E-state index in [1.165, 1.54) is 18.0 Å². The van der Waals surface area contributed by atoms with Crippen molar-refractivity contribution < 1.29 is 19.2 Å². The number of ether oxygens (including phenoxy) is 1. The van der Waals surface area contributed by atoms with Gasteiger partial charge in [-0.1, -0.05) is 30.9 Å². The van der Waals surface area contributed by atoms with Crippen LogP contribution >= 0.6 is 11.6 Å². The smallest absolute Gasteiger partial charge is 0.340 e. The van der Waals surface area contributed by atoms with Gasteiger partial charge in [0.05, 0.1) is 21.6 Å². The molecule has 0 atom stereocenters. The van der Waals surface area contributed by atoms with E-state index in [1.54, 1.807) is 0 Å². The number of rotatable bonds is 5. The number of nitrogens with zero attached hydrogens (tertiary/aromatic N) is 3. The topological polar surface area (TPSA) is 114 Å². The van der Waals surface area contributed by atoms with Crippen LogP contribution in [-0.2, 0) is 9.53 Å². The second kappa shape index (κ2) is 8.15. The molecule has 1 amide bonds. The second-order valence-electron chi connectivity index (χ2n) is 6.15. The van der Waals surface area contributed by atoms with Gasteiger partial charge in [0.1, 0.15) is 5.54 Å². The van der Waals surface area contributed by atoms with E-state index in [9.17, 15) is 25.0 Å². The number of hydrogen-bond acceptors (Lipinski definition) is 6. The molecular weight excluding hydrogens is 362 g/mol. The average molecular weight is 380 g/mol. The predicted molar refractivity (Wildman–Crippen MR) is 92.6 cm³/mol. The first-order valence-electron chi connectivity index (χ1n) is 8.10. The number of likely N-dealkylation sites (N-methyl/N-ethyl adjacent to an activating group) is 1. The minimum atomic E-state index is -0.935. The Bertz CT molecular complexity index is 768. The van der Waals surface area contributed by atoms with Gasteiger partial charge in [-0.15, -0.1) is 0 Å². The van der Waals surface area contributed by atoms with E-state index in [4.69, 9.17) is 16.3 Å². The van der Waals surface area contributed by atoms with Gasteiger partial charge in [-0.25, -0.2) is 4.79 Å². The van der Waals surface area contributed by atoms with Crippen LogP contribution in [0.5, 0.6) is 0 Å². The van der Waals surface area contributed by atoms with E-state index in [0.29, 0.717) is 12.8 Å². The van der Waals surface area contributed by atoms with Crippen molar-refractivity contribution in [2.75, 3.05) is 13.7 Å². The van der Waals surface area contributed by atoms with Crippen molar-refractivity contribution in [3.63, 3.8) is 0 Å². The van der Waals surface area contributed by atoms with Crippen LogP contribution in [0.15, 0.2) is 18.2 Å². The third-order valence-electron chi connectivity index (χ3n) is 4.61. The molecule has 0 saturated heterocycles. The van der Waals surface area contributed by atoms with E-state index in [2.05, 4.69) is 6.07 Å². The van der Waals surface area contributed by atoms with Crippen molar-refractivity contribution in [3.05, 3.63) is 38.9 Å². The second-order valence-corrected chi connectivity index (χ2v) is 6.56. The van der Waals surface area contributed by atoms with Crippen LogP contribution < -0.4 is 0 Å². The number of hydrogen-bond donors (Lipinski definition) is 0. The number of esters is 1. The first-order valence-corrected chi connectivity index (χ1v) is 8.47. The summed E-state index contributed by atoms with van der Waals surface area (Å²) in [6.07, 6.45) is 3.89. The minimum Gasteiger partial charge on any atom is -0.452 e. The van der Waals surface area contributed by atoms with Crippen LogP contribution in [0.25, 0.3) is 0 Å². The summed E-state index contributed by atoms with van der Waals surface area (Å²) < 4.78 is 4.96. The Morgan fingerprint density at radius 1 is 1.38 bits per heavy atom. The van der Waals surface area contributed by atoms with Crippen molar-refractivity contribution in [2.45, 2.75) is 37.6 Å². The normalized spacial score (nSPS) is 15.6. The van der Waals surface area contributed by atoms with Crippen molar-refractivity contribution >= 4 is 29.2 Å². The fourth-order valence-corrected chi connectivity index (χ4v) is 3.18. The first-order chi connectivity index (χ1) is 12.3. The quantitative estimate of drug-likeness (QED) is 0.441. The Morgan fingerprint density at radius 2 is 2.04 bits per heavy atom. The number of carbonyl (C=O) groups excluding carboxylic acids is 2. The largest absolute Gasteiger partial charge is 0.452 e. The zero-order chi connectivity index (χ0) is 19.3. The maximum Gasteiger partial charge on any atom is 0.340 e. The predicted octanol–water partition coefficient (Wildman–Crippen LogP) is 3.09. The zero-order valence-electron chi connectivity index (χ0n) is 14.2. The number of nitriles is 1. The molecule has 1 saturated carbocycles. The number of amides is 1. The molecule has 0 spiro atoms. The lowest BCUT2D eigenvalue weighted by Crippen LogP contribution is -2.51. The molecule has 1 aliphatic carbocycles. The van der Waals surface area contributed by atoms with Crippen LogP contribution in [0.2, 0.25) is 5.02 Å². The summed E-state index contributed by atoms with van der Waals surface area (Å²) in [5.41, 5.74) is -1.38. The molecule has 0 heterocycles. The molecule has 9 heteroatoms. The number of halogens is 1. The highest BCUT2D eigenvalue weighted by Crippen LogP contribution is 2.32. The molecular formula is C17H18ClN3O5. The van der Waals surface area contributed by atoms with Crippen molar-refractivity contribution in [2.24, 2.45) is 0 Å². The van der Waals surface area contributed by atoms with Crippen molar-refractivity contribution in [3.8, 4) is 6.07 Å². The number of nitro groups is 1. The van der Waals surface area contributed by atoms with E-state index in [1.807, 2.05) is 0 Å². The standard InChI is InChI=1S/C17H18ClN3O5/c1-20(17(11-19)7-3-2-4-8-17)15(22)10-26-16(23)13-9-12(21(24)25)5-6-14(13)18/h5-6,9H,2-4,7-8,10H2,1H3. The highest BCUT2D eigenvalue weighted by Gasteiger charge is 2.39. The molecule has 1 aromatic carbocycles. The summed E-state index contributed by atoms with van der Waals surface area (Å²) in [4.78, 5) is 36.0. The number of carbonyl (C=O) groups is 2. The molecule has 0 aromatic heterocycles. The molecule has 26 heavy (non-hydrogen) atoms. The Hall–Kier alpha value is -2.66. The number of nitro benzene ring substituents is 1. The highest BCUT2D eigenvalue weighted by atomic mass is 35.5. The Labute approximate surface area is 155 Å². The minimum absolute atomic E-state index is 0.0119. The molecule has 0 bridgehead atoms. The van der Waals surface area contributed by atoms with Gasteiger partial charge in [-0.2, -0.15) is 5.26 Å². The molecule has 0 N–H and O–H groups in total. The SMILES string of the molecule is CN(C(=O)COC(=O)c1cc([N+](=O)[O-])ccc1Cl)C1(C#N)CCCCC1. The van der Waals surface area contributed by atoms with Crippen molar-refractivity contribution in [1.82, 2.24) is 4.90 Å². The van der Waals surface area contributed by atoms with Crippen LogP contribution in [0, 0.1) is 21.4 Å². The third-order valence-corrected chi connectivity index (χ3v) is 4.94. The van der Waals surface area contributed by atoms with Crippen LogP contribution in [0.1, 0.15) is 42.5 Å². The lowest BCUT2D eigenvalue weighted by molar-refractivity contribution is -0.384. The fourth-order valence-electron chi connectivity index (χ4n) is 2.98. The Morgan fingerprint density at radius 3 is 2.62 bits per heavy atom. The van der Waals surface area contributed by atoms with Crippen LogP contribution in [-0.4, -0.2) is 40.9 Å². The zero-order valence-corrected chi connectivity index (χ0v) is 15.0. The highest BCUT2D eigenvalue weighted by molar-refractivity contribution is 6.33. The Balaban J connectivity index is 2.05. The van der Waals surface area contributed by atoms with Gasteiger partial charge < -0.3 is 9.64 Å². The molecule has 1 fully saturated rings. The summed E-state index contributed by atoms with van der Waals surface area (Å²) in [6, 6.07) is 5.60. The summed E-state index contributed by atoms with van der Waals surface area (Å²) in [7, 11) is 1.52. The molecule has 0 radical (unpaired) electrons. The molecule has 0 aliphatic heterocycles. The molecule has 1 aliphatic rings. The van der Waals surface area contributed by atoms with E-state index >= 15 is 0 Å². The van der Waals surface area contributed by atoms with Crippen LogP contribution in [0.3, 0.4) is 0 Å². The van der Waals surface area contributed by atoms with Gasteiger partial charge in [0.2, 0.25) is 0 Å². The molecule has 1 aromatic rings. The first kappa shape index (κ1) is 19.7. The number of non-ortho nitro benzene ring substituents is 1. The molecule has 138 valence electrons. The molecule has 0 unspecified atom stereocenters. The van der Waals surface area contributed by atoms with Gasteiger partial charge in [-0.3, -0.25) is 14.9 Å². The van der Waals surface area contributed by atoms with E-state index < -0.39 is 28.9 Å². The summed E-state index contributed by atoms with van der Waals surface area (Å²) in [5, 5.41) is 20.3. The van der Waals surface area contributed by atoms with Crippen LogP contribution in [0.4, 0.5) is 5.69 Å². The lowest BCUT2D eigenvalue weighted by Gasteiger charge is -2.38. The van der Waals surface area contributed by atoms with Gasteiger partial charge in [0.25, 0.3) is 11.6 Å². The third kappa shape index (κ3) is 4.11. The van der Waals surface area contributed by atoms with Gasteiger partial charge in [0.15, 0.2) is 6.61 Å². The Kier molecular flexibility index (Phi) is 6.16. The summed E-state index contributed by atoms with van der Waals surface area (Å²) >= 11 is 5.88. The maximum atomic E-state index is 12.4. The fraction of sp³-hybridized carbons (Fsp3) is 0.471. The number of benzene rings is 1. The summed E-state index contributed by atoms with van der Waals surface area (Å²) in [5.74, 6) is -1.45. The van der Waals surface area contributed by atoms with Gasteiger partial charge >= 0.3 is 5.97 Å². The summed E-state index contributed by atoms with van der Waals surface area (Å²) in [6.45, 7) is -0.572. The maximum absolute atomic E-state index is 12.4. The van der Waals surface area contributed by atoms with Gasteiger partial charge in [0, 0.05) is 19.2 Å². The van der Waals surface area contributed by atoms with Crippen molar-refractivity contribution in [1.29, 1.82) is 5.26 Å². The monoisotopic (exact) mass is 379 g/mol. The van der Waals surface area contributed by atoms with Gasteiger partial charge in [-0.05, 0) is 18.9 Å². The lowest BCUT2D eigenvalue weighted by atomic mass is 9.81. The molecule has 8 nitrogen and oxygen atoms in total. The average Bonchev–Trinajstić information content (AvgIpc) is 2.65.